The van der Waals surface area contributed by atoms with Gasteiger partial charge in [0.15, 0.2) is 0 Å². The fourth-order valence-electron chi connectivity index (χ4n) is 1.11. The SMILES string of the molecule is C#CC(CC)NC(=O)Nc1ccccc1. The molecule has 1 aromatic carbocycles. The highest BCUT2D eigenvalue weighted by Crippen LogP contribution is 2.04. The first kappa shape index (κ1) is 11.1. The third-order valence-corrected chi connectivity index (χ3v) is 1.95. The summed E-state index contributed by atoms with van der Waals surface area (Å²) in [4.78, 5) is 11.4. The average molecular weight is 202 g/mol. The van der Waals surface area contributed by atoms with E-state index in [9.17, 15) is 4.79 Å². The van der Waals surface area contributed by atoms with Crippen molar-refractivity contribution in [2.75, 3.05) is 5.32 Å². The zero-order valence-electron chi connectivity index (χ0n) is 8.66. The first-order valence-electron chi connectivity index (χ1n) is 4.85. The maximum atomic E-state index is 11.4. The van der Waals surface area contributed by atoms with Gasteiger partial charge >= 0.3 is 6.03 Å². The van der Waals surface area contributed by atoms with Crippen LogP contribution < -0.4 is 10.6 Å². The van der Waals surface area contributed by atoms with Gasteiger partial charge < -0.3 is 10.6 Å². The van der Waals surface area contributed by atoms with Crippen molar-refractivity contribution in [3.8, 4) is 12.3 Å². The number of para-hydroxylation sites is 1. The van der Waals surface area contributed by atoms with Gasteiger partial charge in [0.05, 0.1) is 6.04 Å². The Labute approximate surface area is 89.9 Å². The number of terminal acetylenes is 1. The number of benzene rings is 1. The summed E-state index contributed by atoms with van der Waals surface area (Å²) in [5, 5.41) is 5.37. The van der Waals surface area contributed by atoms with Crippen molar-refractivity contribution < 1.29 is 4.79 Å². The molecule has 3 nitrogen and oxygen atoms in total. The van der Waals surface area contributed by atoms with Gasteiger partial charge in [-0.2, -0.15) is 0 Å². The fraction of sp³-hybridized carbons (Fsp3) is 0.250. The van der Waals surface area contributed by atoms with Crippen molar-refractivity contribution >= 4 is 11.7 Å². The summed E-state index contributed by atoms with van der Waals surface area (Å²) in [6, 6.07) is 8.74. The van der Waals surface area contributed by atoms with Gasteiger partial charge in [-0.3, -0.25) is 0 Å². The van der Waals surface area contributed by atoms with Crippen LogP contribution in [0.15, 0.2) is 30.3 Å². The predicted molar refractivity (Wildman–Crippen MR) is 61.5 cm³/mol. The summed E-state index contributed by atoms with van der Waals surface area (Å²) in [6.07, 6.45) is 5.95. The third kappa shape index (κ3) is 3.74. The smallest absolute Gasteiger partial charge is 0.320 e. The molecule has 0 aliphatic carbocycles. The zero-order chi connectivity index (χ0) is 11.1. The maximum absolute atomic E-state index is 11.4. The second kappa shape index (κ2) is 5.71. The summed E-state index contributed by atoms with van der Waals surface area (Å²) in [5.41, 5.74) is 0.752. The highest BCUT2D eigenvalue weighted by Gasteiger charge is 2.06. The van der Waals surface area contributed by atoms with E-state index in [1.807, 2.05) is 37.3 Å². The Morgan fingerprint density at radius 2 is 2.13 bits per heavy atom. The summed E-state index contributed by atoms with van der Waals surface area (Å²) in [7, 11) is 0. The lowest BCUT2D eigenvalue weighted by molar-refractivity contribution is 0.250. The molecule has 2 amide bonds. The molecule has 3 heteroatoms. The number of carbonyl (C=O) groups excluding carboxylic acids is 1. The van der Waals surface area contributed by atoms with Crippen LogP contribution >= 0.6 is 0 Å². The van der Waals surface area contributed by atoms with Gasteiger partial charge in [-0.1, -0.05) is 31.0 Å². The third-order valence-electron chi connectivity index (χ3n) is 1.95. The Morgan fingerprint density at radius 3 is 2.67 bits per heavy atom. The van der Waals surface area contributed by atoms with Crippen LogP contribution in [0.3, 0.4) is 0 Å². The number of amides is 2. The van der Waals surface area contributed by atoms with Crippen LogP contribution in [0.1, 0.15) is 13.3 Å². The lowest BCUT2D eigenvalue weighted by Crippen LogP contribution is -2.36. The van der Waals surface area contributed by atoms with Crippen LogP contribution in [0.2, 0.25) is 0 Å². The standard InChI is InChI=1S/C12H14N2O/c1-3-10(4-2)13-12(15)14-11-8-6-5-7-9-11/h1,5-10H,4H2,2H3,(H2,13,14,15). The number of hydrogen-bond acceptors (Lipinski definition) is 1. The minimum atomic E-state index is -0.272. The van der Waals surface area contributed by atoms with Crippen LogP contribution in [0.5, 0.6) is 0 Å². The zero-order valence-corrected chi connectivity index (χ0v) is 8.66. The summed E-state index contributed by atoms with van der Waals surface area (Å²) < 4.78 is 0. The van der Waals surface area contributed by atoms with E-state index in [4.69, 9.17) is 6.42 Å². The molecule has 0 heterocycles. The minimum Gasteiger partial charge on any atom is -0.324 e. The van der Waals surface area contributed by atoms with Crippen molar-refractivity contribution in [3.05, 3.63) is 30.3 Å². The molecule has 1 aromatic rings. The lowest BCUT2D eigenvalue weighted by atomic mass is 10.2. The topological polar surface area (TPSA) is 41.1 Å². The fourth-order valence-corrected chi connectivity index (χ4v) is 1.11. The van der Waals surface area contributed by atoms with Crippen LogP contribution in [-0.2, 0) is 0 Å². The molecular weight excluding hydrogens is 188 g/mol. The van der Waals surface area contributed by atoms with E-state index in [-0.39, 0.29) is 12.1 Å². The normalized spacial score (nSPS) is 11.2. The minimum absolute atomic E-state index is 0.214. The maximum Gasteiger partial charge on any atom is 0.320 e. The van der Waals surface area contributed by atoms with E-state index < -0.39 is 0 Å². The van der Waals surface area contributed by atoms with E-state index in [1.165, 1.54) is 0 Å². The molecular formula is C12H14N2O. The molecule has 0 aliphatic heterocycles. The van der Waals surface area contributed by atoms with E-state index in [0.717, 1.165) is 12.1 Å². The van der Waals surface area contributed by atoms with Crippen LogP contribution in [0.25, 0.3) is 0 Å². The van der Waals surface area contributed by atoms with Gasteiger partial charge in [-0.25, -0.2) is 4.79 Å². The van der Waals surface area contributed by atoms with Gasteiger partial charge in [-0.05, 0) is 18.6 Å². The molecule has 0 radical (unpaired) electrons. The highest BCUT2D eigenvalue weighted by atomic mass is 16.2. The van der Waals surface area contributed by atoms with Crippen LogP contribution in [-0.4, -0.2) is 12.1 Å². The molecule has 78 valence electrons. The van der Waals surface area contributed by atoms with Crippen molar-refractivity contribution in [1.29, 1.82) is 0 Å². The van der Waals surface area contributed by atoms with Gasteiger partial charge in [0.25, 0.3) is 0 Å². The Hall–Kier alpha value is -1.95. The van der Waals surface area contributed by atoms with E-state index in [1.54, 1.807) is 0 Å². The lowest BCUT2D eigenvalue weighted by Gasteiger charge is -2.11. The first-order valence-corrected chi connectivity index (χ1v) is 4.85. The largest absolute Gasteiger partial charge is 0.324 e. The van der Waals surface area contributed by atoms with Crippen molar-refractivity contribution in [1.82, 2.24) is 5.32 Å². The summed E-state index contributed by atoms with van der Waals surface area (Å²) >= 11 is 0. The average Bonchev–Trinajstić information content (AvgIpc) is 2.27. The molecule has 1 atom stereocenters. The van der Waals surface area contributed by atoms with Gasteiger partial charge in [0, 0.05) is 5.69 Å². The van der Waals surface area contributed by atoms with E-state index >= 15 is 0 Å². The molecule has 0 spiro atoms. The number of nitrogens with one attached hydrogen (secondary N) is 2. The van der Waals surface area contributed by atoms with Crippen LogP contribution in [0.4, 0.5) is 10.5 Å². The van der Waals surface area contributed by atoms with Gasteiger partial charge in [0.2, 0.25) is 0 Å². The van der Waals surface area contributed by atoms with Gasteiger partial charge in [-0.15, -0.1) is 6.42 Å². The molecule has 15 heavy (non-hydrogen) atoms. The van der Waals surface area contributed by atoms with E-state index in [2.05, 4.69) is 16.6 Å². The molecule has 0 saturated carbocycles. The molecule has 1 rings (SSSR count). The molecule has 2 N–H and O–H groups in total. The Balaban J connectivity index is 2.47. The van der Waals surface area contributed by atoms with E-state index in [0.29, 0.717) is 0 Å². The first-order chi connectivity index (χ1) is 7.26. The molecule has 0 aliphatic rings. The van der Waals surface area contributed by atoms with Crippen molar-refractivity contribution in [3.63, 3.8) is 0 Å². The number of hydrogen-bond donors (Lipinski definition) is 2. The molecule has 0 fully saturated rings. The Kier molecular flexibility index (Phi) is 4.24. The number of carbonyl (C=O) groups is 1. The summed E-state index contributed by atoms with van der Waals surface area (Å²) in [5.74, 6) is 2.50. The highest BCUT2D eigenvalue weighted by molar-refractivity contribution is 5.89. The Morgan fingerprint density at radius 1 is 1.47 bits per heavy atom. The summed E-state index contributed by atoms with van der Waals surface area (Å²) in [6.45, 7) is 1.92. The second-order valence-electron chi connectivity index (χ2n) is 3.09. The molecule has 0 bridgehead atoms. The van der Waals surface area contributed by atoms with Crippen molar-refractivity contribution in [2.24, 2.45) is 0 Å². The molecule has 0 aromatic heterocycles. The monoisotopic (exact) mass is 202 g/mol. The van der Waals surface area contributed by atoms with Crippen LogP contribution in [0, 0.1) is 12.3 Å². The molecule has 0 saturated heterocycles. The number of anilines is 1. The molecule has 1 unspecified atom stereocenters. The second-order valence-corrected chi connectivity index (χ2v) is 3.09. The van der Waals surface area contributed by atoms with Gasteiger partial charge in [0.1, 0.15) is 0 Å². The number of urea groups is 1. The number of rotatable bonds is 3. The van der Waals surface area contributed by atoms with Crippen molar-refractivity contribution in [2.45, 2.75) is 19.4 Å². The Bertz CT molecular complexity index is 354. The predicted octanol–water partition coefficient (Wildman–Crippen LogP) is 2.22. The quantitative estimate of drug-likeness (QED) is 0.725.